The molecule has 0 fully saturated rings. The summed E-state index contributed by atoms with van der Waals surface area (Å²) >= 11 is 1.30. The Bertz CT molecular complexity index is 1780. The number of methoxy groups -OCH3 is 1. The van der Waals surface area contributed by atoms with Crippen molar-refractivity contribution in [3.05, 3.63) is 115 Å². The Balaban J connectivity index is 1.22. The minimum atomic E-state index is -0.240. The number of nitrogens with one attached hydrogen (secondary N) is 1. The Hall–Kier alpha value is -4.95. The number of carbonyl (C=O) groups excluding carboxylic acids is 1. The van der Waals surface area contributed by atoms with Gasteiger partial charge < -0.3 is 4.74 Å². The van der Waals surface area contributed by atoms with Crippen LogP contribution in [0.3, 0.4) is 0 Å². The molecule has 0 spiro atoms. The van der Waals surface area contributed by atoms with Crippen LogP contribution in [0.2, 0.25) is 0 Å². The molecular weight excluding hydrogens is 518 g/mol. The molecule has 0 aliphatic carbocycles. The van der Waals surface area contributed by atoms with Crippen LogP contribution < -0.4 is 10.2 Å². The molecule has 7 nitrogen and oxygen atoms in total. The summed E-state index contributed by atoms with van der Waals surface area (Å²) in [5.74, 6) is 1.32. The van der Waals surface area contributed by atoms with Gasteiger partial charge in [0.2, 0.25) is 0 Å². The molecule has 0 saturated carbocycles. The first-order valence-electron chi connectivity index (χ1n) is 12.7. The molecule has 8 heteroatoms. The lowest BCUT2D eigenvalue weighted by atomic mass is 9.97. The van der Waals surface area contributed by atoms with E-state index in [1.165, 1.54) is 11.8 Å². The molecule has 196 valence electrons. The first kappa shape index (κ1) is 25.3. The van der Waals surface area contributed by atoms with Gasteiger partial charge in [-0.3, -0.25) is 9.36 Å². The van der Waals surface area contributed by atoms with E-state index < -0.39 is 0 Å². The van der Waals surface area contributed by atoms with E-state index in [1.54, 1.807) is 13.3 Å². The average molecular weight is 544 g/mol. The second-order valence-corrected chi connectivity index (χ2v) is 9.96. The molecule has 0 aliphatic rings. The van der Waals surface area contributed by atoms with Gasteiger partial charge in [0.25, 0.3) is 5.91 Å². The molecule has 5 aromatic carbocycles. The zero-order valence-electron chi connectivity index (χ0n) is 21.7. The molecule has 0 unspecified atom stereocenters. The van der Waals surface area contributed by atoms with Crippen LogP contribution in [0.5, 0.6) is 5.75 Å². The predicted octanol–water partition coefficient (Wildman–Crippen LogP) is 6.49. The van der Waals surface area contributed by atoms with E-state index in [4.69, 9.17) is 4.74 Å². The van der Waals surface area contributed by atoms with Crippen molar-refractivity contribution < 1.29 is 9.53 Å². The summed E-state index contributed by atoms with van der Waals surface area (Å²) in [6.45, 7) is 0. The molecule has 0 radical (unpaired) electrons. The zero-order chi connectivity index (χ0) is 27.3. The molecule has 1 heterocycles. The summed E-state index contributed by atoms with van der Waals surface area (Å²) in [6, 6.07) is 36.0. The number of fused-ring (bicyclic) bond motifs is 2. The Morgan fingerprint density at radius 3 is 2.20 bits per heavy atom. The average Bonchev–Trinajstić information content (AvgIpc) is 3.44. The molecule has 0 aliphatic heterocycles. The number of thioether (sulfide) groups is 1. The quantitative estimate of drug-likeness (QED) is 0.103. The third kappa shape index (κ3) is 5.17. The minimum absolute atomic E-state index is 0.122. The zero-order valence-corrected chi connectivity index (χ0v) is 22.5. The van der Waals surface area contributed by atoms with E-state index in [-0.39, 0.29) is 11.7 Å². The molecule has 0 atom stereocenters. The third-order valence-corrected chi connectivity index (χ3v) is 7.45. The topological polar surface area (TPSA) is 81.4 Å². The number of hydrazone groups is 1. The highest BCUT2D eigenvalue weighted by Gasteiger charge is 2.17. The van der Waals surface area contributed by atoms with Gasteiger partial charge in [-0.05, 0) is 51.9 Å². The van der Waals surface area contributed by atoms with Crippen molar-refractivity contribution >= 4 is 45.4 Å². The molecule has 40 heavy (non-hydrogen) atoms. The van der Waals surface area contributed by atoms with Gasteiger partial charge in [0.05, 0.1) is 19.1 Å². The van der Waals surface area contributed by atoms with Gasteiger partial charge >= 0.3 is 0 Å². The number of hydrogen-bond acceptors (Lipinski definition) is 6. The Kier molecular flexibility index (Phi) is 7.24. The Labute approximate surface area is 235 Å². The molecule has 6 rings (SSSR count). The molecule has 0 bridgehead atoms. The van der Waals surface area contributed by atoms with Crippen molar-refractivity contribution in [2.75, 3.05) is 12.9 Å². The van der Waals surface area contributed by atoms with E-state index in [1.807, 2.05) is 83.4 Å². The van der Waals surface area contributed by atoms with Gasteiger partial charge in [0.1, 0.15) is 5.75 Å². The van der Waals surface area contributed by atoms with Crippen LogP contribution in [0.1, 0.15) is 5.56 Å². The van der Waals surface area contributed by atoms with E-state index in [9.17, 15) is 4.79 Å². The van der Waals surface area contributed by atoms with Crippen LogP contribution in [-0.4, -0.2) is 39.7 Å². The highest BCUT2D eigenvalue weighted by atomic mass is 32.2. The van der Waals surface area contributed by atoms with Crippen LogP contribution in [0.15, 0.2) is 119 Å². The maximum atomic E-state index is 12.8. The second kappa shape index (κ2) is 11.4. The predicted molar refractivity (Wildman–Crippen MR) is 161 cm³/mol. The molecule has 6 aromatic rings. The van der Waals surface area contributed by atoms with Crippen molar-refractivity contribution in [2.24, 2.45) is 5.10 Å². The number of hydrogen-bond donors (Lipinski definition) is 1. The molecule has 1 N–H and O–H groups in total. The van der Waals surface area contributed by atoms with Gasteiger partial charge in [-0.1, -0.05) is 90.6 Å². The summed E-state index contributed by atoms with van der Waals surface area (Å²) in [5, 5.41) is 18.2. The number of amides is 1. The Morgan fingerprint density at radius 2 is 1.52 bits per heavy atom. The number of carbonyl (C=O) groups is 1. The van der Waals surface area contributed by atoms with Gasteiger partial charge in [0.15, 0.2) is 11.0 Å². The minimum Gasteiger partial charge on any atom is -0.497 e. The van der Waals surface area contributed by atoms with E-state index in [2.05, 4.69) is 51.1 Å². The van der Waals surface area contributed by atoms with Crippen LogP contribution in [0.25, 0.3) is 38.6 Å². The monoisotopic (exact) mass is 543 g/mol. The van der Waals surface area contributed by atoms with Crippen molar-refractivity contribution in [1.29, 1.82) is 0 Å². The second-order valence-electron chi connectivity index (χ2n) is 9.02. The first-order valence-corrected chi connectivity index (χ1v) is 13.7. The standard InChI is InChI=1S/C32H25N5O2S/c1-39-26-17-15-25(16-18-26)37-31(22-9-3-2-4-10-22)35-36-32(37)40-21-30(38)34-33-20-29-27-13-7-5-11-23(27)19-24-12-6-8-14-28(24)29/h2-20H,21H2,1H3,(H,34,38). The first-order chi connectivity index (χ1) is 19.7. The number of rotatable bonds is 8. The molecule has 1 aromatic heterocycles. The van der Waals surface area contributed by atoms with Gasteiger partial charge in [-0.15, -0.1) is 10.2 Å². The fourth-order valence-corrected chi connectivity index (χ4v) is 5.37. The van der Waals surface area contributed by atoms with Crippen LogP contribution >= 0.6 is 11.8 Å². The summed E-state index contributed by atoms with van der Waals surface area (Å²) in [4.78, 5) is 12.8. The third-order valence-electron chi connectivity index (χ3n) is 6.52. The highest BCUT2D eigenvalue weighted by Crippen LogP contribution is 2.29. The smallest absolute Gasteiger partial charge is 0.250 e. The van der Waals surface area contributed by atoms with Gasteiger partial charge in [0, 0.05) is 16.8 Å². The lowest BCUT2D eigenvalue weighted by Crippen LogP contribution is -2.20. The van der Waals surface area contributed by atoms with Crippen molar-refractivity contribution in [2.45, 2.75) is 5.16 Å². The lowest BCUT2D eigenvalue weighted by Gasteiger charge is -2.11. The van der Waals surface area contributed by atoms with Crippen LogP contribution in [-0.2, 0) is 4.79 Å². The van der Waals surface area contributed by atoms with Crippen molar-refractivity contribution in [1.82, 2.24) is 20.2 Å². The van der Waals surface area contributed by atoms with Crippen molar-refractivity contribution in [3.8, 4) is 22.8 Å². The largest absolute Gasteiger partial charge is 0.497 e. The van der Waals surface area contributed by atoms with Gasteiger partial charge in [-0.2, -0.15) is 5.10 Å². The normalized spacial score (nSPS) is 11.3. The summed E-state index contributed by atoms with van der Waals surface area (Å²) in [7, 11) is 1.63. The maximum absolute atomic E-state index is 12.8. The SMILES string of the molecule is COc1ccc(-n2c(SCC(=O)NN=Cc3c4ccccc4cc4ccccc34)nnc2-c2ccccc2)cc1. The summed E-state index contributed by atoms with van der Waals surface area (Å²) in [5.41, 5.74) is 5.44. The van der Waals surface area contributed by atoms with Gasteiger partial charge in [-0.25, -0.2) is 5.43 Å². The fraction of sp³-hybridized carbons (Fsp3) is 0.0625. The van der Waals surface area contributed by atoms with E-state index >= 15 is 0 Å². The summed E-state index contributed by atoms with van der Waals surface area (Å²) in [6.07, 6.45) is 1.72. The fourth-order valence-electron chi connectivity index (χ4n) is 4.62. The summed E-state index contributed by atoms with van der Waals surface area (Å²) < 4.78 is 7.26. The van der Waals surface area contributed by atoms with Crippen molar-refractivity contribution in [3.63, 3.8) is 0 Å². The number of benzene rings is 5. The number of nitrogens with zero attached hydrogens (tertiary/aromatic N) is 4. The lowest BCUT2D eigenvalue weighted by molar-refractivity contribution is -0.118. The van der Waals surface area contributed by atoms with E-state index in [0.717, 1.165) is 44.1 Å². The van der Waals surface area contributed by atoms with Crippen LogP contribution in [0, 0.1) is 0 Å². The maximum Gasteiger partial charge on any atom is 0.250 e. The number of aromatic nitrogens is 3. The highest BCUT2D eigenvalue weighted by molar-refractivity contribution is 7.99. The number of ether oxygens (including phenoxy) is 1. The Morgan fingerprint density at radius 1 is 0.875 bits per heavy atom. The van der Waals surface area contributed by atoms with Crippen LogP contribution in [0.4, 0.5) is 0 Å². The molecule has 1 amide bonds. The molecule has 0 saturated heterocycles. The molecular formula is C32H25N5O2S. The van der Waals surface area contributed by atoms with E-state index in [0.29, 0.717) is 11.0 Å².